The van der Waals surface area contributed by atoms with Crippen LogP contribution in [0.25, 0.3) is 6.08 Å². The highest BCUT2D eigenvalue weighted by Crippen LogP contribution is 2.50. The van der Waals surface area contributed by atoms with Crippen LogP contribution in [0.15, 0.2) is 34.9 Å². The van der Waals surface area contributed by atoms with E-state index in [0.29, 0.717) is 30.4 Å². The standard InChI is InChI=1S/C23H27BFNO6/c1-12(7-13-4-5-18(28)17(25)8-13)3-6-19-20-14(11-27)9-15-21(16(20)10-24(31)32-19)23(30)26(2)22(15)29/h4-5,7-8,15-16,19,21,27-28,31H,3,6,9-11H2,1-2H3/b12-7+/t15-,16+,19-,21-/m1/s1. The SMILES string of the molecule is C/C(=C\c1ccc(O)c(F)c1)CC[C@H]1OB(O)C[C@H]2C1=C(CO)C[C@H]1C(=O)N(C)C(=O)[C@H]12. The molecule has 3 aliphatic rings. The monoisotopic (exact) mass is 443 g/mol. The average Bonchev–Trinajstić information content (AvgIpc) is 2.97. The summed E-state index contributed by atoms with van der Waals surface area (Å²) in [5.41, 5.74) is 3.11. The molecule has 32 heavy (non-hydrogen) atoms. The first-order valence-electron chi connectivity index (χ1n) is 10.8. The third-order valence-corrected chi connectivity index (χ3v) is 6.90. The number of aromatic hydroxyl groups is 1. The van der Waals surface area contributed by atoms with Gasteiger partial charge in [-0.15, -0.1) is 0 Å². The Bertz CT molecular complexity index is 1010. The molecule has 0 aromatic heterocycles. The van der Waals surface area contributed by atoms with Gasteiger partial charge in [-0.3, -0.25) is 14.5 Å². The second kappa shape index (κ2) is 8.81. The number of hydrogen-bond donors (Lipinski definition) is 3. The lowest BCUT2D eigenvalue weighted by Crippen LogP contribution is -2.46. The Morgan fingerprint density at radius 1 is 1.31 bits per heavy atom. The van der Waals surface area contributed by atoms with Crippen LogP contribution in [0.1, 0.15) is 31.7 Å². The number of carbonyl (C=O) groups is 2. The maximum Gasteiger partial charge on any atom is 0.455 e. The van der Waals surface area contributed by atoms with Gasteiger partial charge in [0.2, 0.25) is 11.8 Å². The van der Waals surface area contributed by atoms with Gasteiger partial charge in [0, 0.05) is 7.05 Å². The molecule has 0 radical (unpaired) electrons. The van der Waals surface area contributed by atoms with E-state index < -0.39 is 36.6 Å². The fourth-order valence-electron chi connectivity index (χ4n) is 5.40. The van der Waals surface area contributed by atoms with Crippen molar-refractivity contribution in [1.29, 1.82) is 0 Å². The first kappa shape index (κ1) is 22.7. The summed E-state index contributed by atoms with van der Waals surface area (Å²) in [5.74, 6) is -2.94. The highest BCUT2D eigenvalue weighted by molar-refractivity contribution is 6.43. The van der Waals surface area contributed by atoms with Crippen LogP contribution in [0.2, 0.25) is 6.32 Å². The Balaban J connectivity index is 1.57. The molecule has 2 fully saturated rings. The third-order valence-electron chi connectivity index (χ3n) is 6.90. The number of imide groups is 1. The number of fused-ring (bicyclic) bond motifs is 3. The number of phenols is 1. The summed E-state index contributed by atoms with van der Waals surface area (Å²) >= 11 is 0. The predicted molar refractivity (Wildman–Crippen MR) is 116 cm³/mol. The van der Waals surface area contributed by atoms with Gasteiger partial charge in [0.05, 0.1) is 24.5 Å². The molecule has 0 unspecified atom stereocenters. The molecular weight excluding hydrogens is 416 g/mol. The van der Waals surface area contributed by atoms with E-state index in [2.05, 4.69) is 0 Å². The smallest absolute Gasteiger partial charge is 0.455 e. The maximum atomic E-state index is 13.6. The van der Waals surface area contributed by atoms with E-state index in [1.165, 1.54) is 19.2 Å². The number of likely N-dealkylation sites (tertiary alicyclic amines) is 1. The number of aliphatic hydroxyl groups excluding tert-OH is 1. The molecule has 0 spiro atoms. The molecule has 0 bridgehead atoms. The summed E-state index contributed by atoms with van der Waals surface area (Å²) < 4.78 is 19.4. The van der Waals surface area contributed by atoms with Crippen molar-refractivity contribution >= 4 is 25.0 Å². The molecule has 0 saturated carbocycles. The van der Waals surface area contributed by atoms with E-state index in [1.54, 1.807) is 6.07 Å². The minimum Gasteiger partial charge on any atom is -0.505 e. The molecule has 2 amide bonds. The number of amides is 2. The molecule has 2 heterocycles. The zero-order valence-electron chi connectivity index (χ0n) is 18.1. The second-order valence-corrected chi connectivity index (χ2v) is 8.95. The van der Waals surface area contributed by atoms with E-state index in [9.17, 15) is 29.2 Å². The van der Waals surface area contributed by atoms with Crippen molar-refractivity contribution in [3.8, 4) is 5.75 Å². The molecule has 3 N–H and O–H groups in total. The molecule has 2 aliphatic heterocycles. The lowest BCUT2D eigenvalue weighted by Gasteiger charge is -2.42. The zero-order chi connectivity index (χ0) is 23.2. The van der Waals surface area contributed by atoms with Gasteiger partial charge in [0.25, 0.3) is 0 Å². The molecule has 1 aliphatic carbocycles. The molecule has 9 heteroatoms. The summed E-state index contributed by atoms with van der Waals surface area (Å²) in [5, 5.41) is 29.7. The van der Waals surface area contributed by atoms with Crippen molar-refractivity contribution in [2.45, 2.75) is 38.6 Å². The first-order valence-corrected chi connectivity index (χ1v) is 10.8. The Morgan fingerprint density at radius 3 is 2.75 bits per heavy atom. The van der Waals surface area contributed by atoms with E-state index >= 15 is 0 Å². The van der Waals surface area contributed by atoms with Crippen LogP contribution in [-0.2, 0) is 14.2 Å². The number of nitrogens with zero attached hydrogens (tertiary/aromatic N) is 1. The van der Waals surface area contributed by atoms with Crippen molar-refractivity contribution in [3.63, 3.8) is 0 Å². The van der Waals surface area contributed by atoms with E-state index in [0.717, 1.165) is 16.0 Å². The van der Waals surface area contributed by atoms with Gasteiger partial charge >= 0.3 is 7.12 Å². The number of aliphatic hydroxyl groups is 1. The molecule has 1 aromatic carbocycles. The molecule has 1 aromatic rings. The van der Waals surface area contributed by atoms with Crippen LogP contribution >= 0.6 is 0 Å². The average molecular weight is 443 g/mol. The zero-order valence-corrected chi connectivity index (χ0v) is 18.1. The summed E-state index contributed by atoms with van der Waals surface area (Å²) in [6.07, 6.45) is 2.94. The lowest BCUT2D eigenvalue weighted by atomic mass is 9.58. The molecular formula is C23H27BFNO6. The maximum absolute atomic E-state index is 13.6. The molecule has 4 atom stereocenters. The van der Waals surface area contributed by atoms with Gasteiger partial charge < -0.3 is 19.9 Å². The highest BCUT2D eigenvalue weighted by Gasteiger charge is 2.56. The Kier molecular flexibility index (Phi) is 6.25. The second-order valence-electron chi connectivity index (χ2n) is 8.95. The number of hydrogen-bond acceptors (Lipinski definition) is 6. The Morgan fingerprint density at radius 2 is 2.06 bits per heavy atom. The molecule has 4 rings (SSSR count). The van der Waals surface area contributed by atoms with Crippen LogP contribution < -0.4 is 0 Å². The fourth-order valence-corrected chi connectivity index (χ4v) is 5.40. The number of rotatable bonds is 5. The number of halogens is 1. The van der Waals surface area contributed by atoms with Crippen molar-refractivity contribution in [3.05, 3.63) is 46.3 Å². The first-order chi connectivity index (χ1) is 15.2. The van der Waals surface area contributed by atoms with Crippen molar-refractivity contribution in [2.24, 2.45) is 17.8 Å². The van der Waals surface area contributed by atoms with Gasteiger partial charge in [-0.25, -0.2) is 4.39 Å². The minimum absolute atomic E-state index is 0.213. The predicted octanol–water partition coefficient (Wildman–Crippen LogP) is 2.13. The molecule has 7 nitrogen and oxygen atoms in total. The molecule has 170 valence electrons. The van der Waals surface area contributed by atoms with Crippen LogP contribution in [0.4, 0.5) is 4.39 Å². The van der Waals surface area contributed by atoms with Crippen LogP contribution in [0.3, 0.4) is 0 Å². The quantitative estimate of drug-likeness (QED) is 0.366. The van der Waals surface area contributed by atoms with Crippen molar-refractivity contribution in [2.75, 3.05) is 13.7 Å². The Hall–Kier alpha value is -2.49. The lowest BCUT2D eigenvalue weighted by molar-refractivity contribution is -0.138. The third kappa shape index (κ3) is 4.00. The normalized spacial score (nSPS) is 28.3. The summed E-state index contributed by atoms with van der Waals surface area (Å²) in [7, 11) is 0.422. The molecule has 2 saturated heterocycles. The summed E-state index contributed by atoms with van der Waals surface area (Å²) in [6, 6.07) is 4.17. The van der Waals surface area contributed by atoms with Crippen LogP contribution in [-0.4, -0.2) is 58.8 Å². The Labute approximate surface area is 186 Å². The number of carbonyl (C=O) groups excluding carboxylic acids is 2. The number of benzene rings is 1. The van der Waals surface area contributed by atoms with Crippen LogP contribution in [0.5, 0.6) is 5.75 Å². The van der Waals surface area contributed by atoms with Crippen molar-refractivity contribution < 1.29 is 33.9 Å². The van der Waals surface area contributed by atoms with E-state index in [-0.39, 0.29) is 30.7 Å². The van der Waals surface area contributed by atoms with E-state index in [1.807, 2.05) is 13.0 Å². The largest absolute Gasteiger partial charge is 0.505 e. The van der Waals surface area contributed by atoms with Gasteiger partial charge in [-0.2, -0.15) is 0 Å². The summed E-state index contributed by atoms with van der Waals surface area (Å²) in [6.45, 7) is 1.67. The van der Waals surface area contributed by atoms with Gasteiger partial charge in [0.1, 0.15) is 0 Å². The van der Waals surface area contributed by atoms with Gasteiger partial charge in [0.15, 0.2) is 11.6 Å². The highest BCUT2D eigenvalue weighted by atomic mass is 19.1. The number of allylic oxidation sites excluding steroid dienone is 1. The van der Waals surface area contributed by atoms with Crippen molar-refractivity contribution in [1.82, 2.24) is 4.90 Å². The topological polar surface area (TPSA) is 107 Å². The van der Waals surface area contributed by atoms with Gasteiger partial charge in [-0.05, 0) is 67.3 Å². The summed E-state index contributed by atoms with van der Waals surface area (Å²) in [4.78, 5) is 26.5. The minimum atomic E-state index is -1.06. The van der Waals surface area contributed by atoms with E-state index in [4.69, 9.17) is 4.65 Å². The van der Waals surface area contributed by atoms with Crippen LogP contribution in [0, 0.1) is 23.6 Å². The fraction of sp³-hybridized carbons (Fsp3) is 0.478. The van der Waals surface area contributed by atoms with Gasteiger partial charge in [-0.1, -0.05) is 17.7 Å². The number of phenolic OH excluding ortho intramolecular Hbond substituents is 1.